The summed E-state index contributed by atoms with van der Waals surface area (Å²) < 4.78 is 74.3. The van der Waals surface area contributed by atoms with Crippen molar-refractivity contribution >= 4 is 5.97 Å². The average molecular weight is 523 g/mol. The van der Waals surface area contributed by atoms with E-state index in [-0.39, 0.29) is 41.7 Å². The number of nitrogens with zero attached hydrogens (tertiary/aromatic N) is 1. The summed E-state index contributed by atoms with van der Waals surface area (Å²) in [4.78, 5) is 11.3. The molecule has 1 aromatic heterocycles. The zero-order valence-corrected chi connectivity index (χ0v) is 19.9. The summed E-state index contributed by atoms with van der Waals surface area (Å²) in [6.45, 7) is -0.975. The van der Waals surface area contributed by atoms with E-state index in [9.17, 15) is 27.5 Å². The standard InChI is InChI=1S/C26H25F4NO6/c1-34-17-7-8-21(27)20(12-17)24-25(35-10-9-26(28,29)30)22(31-37-24)14-36-18-4-2-3-16(11-18)19(13-23(32)33)15-5-6-15/h2-4,7-8,11-12,15,19H,5-6,9-10,13-14H2,1H3,(H,32,33). The molecule has 1 fully saturated rings. The third-order valence-electron chi connectivity index (χ3n) is 6.01. The maximum Gasteiger partial charge on any atom is 0.392 e. The molecule has 0 bridgehead atoms. The van der Waals surface area contributed by atoms with E-state index in [0.717, 1.165) is 24.5 Å². The largest absolute Gasteiger partial charge is 0.497 e. The van der Waals surface area contributed by atoms with Gasteiger partial charge in [-0.1, -0.05) is 17.3 Å². The molecule has 11 heteroatoms. The number of carboxylic acid groups (broad SMARTS) is 1. The molecule has 3 aromatic rings. The Morgan fingerprint density at radius 2 is 1.95 bits per heavy atom. The first-order chi connectivity index (χ1) is 17.6. The van der Waals surface area contributed by atoms with E-state index in [1.165, 1.54) is 19.2 Å². The van der Waals surface area contributed by atoms with Crippen LogP contribution >= 0.6 is 0 Å². The van der Waals surface area contributed by atoms with Gasteiger partial charge in [0, 0.05) is 0 Å². The molecule has 0 aliphatic heterocycles. The average Bonchev–Trinajstić information content (AvgIpc) is 3.62. The minimum absolute atomic E-state index is 0.00403. The van der Waals surface area contributed by atoms with Gasteiger partial charge in [0.05, 0.1) is 32.1 Å². The van der Waals surface area contributed by atoms with E-state index in [4.69, 9.17) is 18.7 Å². The molecule has 0 spiro atoms. The van der Waals surface area contributed by atoms with Crippen LogP contribution in [-0.2, 0) is 11.4 Å². The molecule has 0 amide bonds. The molecule has 1 atom stereocenters. The van der Waals surface area contributed by atoms with E-state index in [0.29, 0.717) is 17.4 Å². The summed E-state index contributed by atoms with van der Waals surface area (Å²) in [5, 5.41) is 13.1. The Kier molecular flexibility index (Phi) is 7.89. The van der Waals surface area contributed by atoms with Gasteiger partial charge in [0.1, 0.15) is 23.9 Å². The van der Waals surface area contributed by atoms with Crippen molar-refractivity contribution in [1.29, 1.82) is 0 Å². The van der Waals surface area contributed by atoms with Crippen molar-refractivity contribution in [3.63, 3.8) is 0 Å². The number of halogens is 4. The lowest BCUT2D eigenvalue weighted by atomic mass is 9.91. The summed E-state index contributed by atoms with van der Waals surface area (Å²) in [7, 11) is 1.38. The van der Waals surface area contributed by atoms with Crippen LogP contribution in [0.3, 0.4) is 0 Å². The van der Waals surface area contributed by atoms with Crippen LogP contribution in [0.5, 0.6) is 17.2 Å². The third kappa shape index (κ3) is 6.93. The molecule has 0 saturated heterocycles. The van der Waals surface area contributed by atoms with Crippen LogP contribution in [0.1, 0.15) is 42.9 Å². The second kappa shape index (κ2) is 11.1. The zero-order chi connectivity index (χ0) is 26.6. The summed E-state index contributed by atoms with van der Waals surface area (Å²) in [5.74, 6) is -1.09. The van der Waals surface area contributed by atoms with Gasteiger partial charge in [0.15, 0.2) is 11.4 Å². The summed E-state index contributed by atoms with van der Waals surface area (Å²) in [6, 6.07) is 10.8. The molecule has 1 N–H and O–H groups in total. The first-order valence-corrected chi connectivity index (χ1v) is 11.6. The molecule has 1 aliphatic carbocycles. The lowest BCUT2D eigenvalue weighted by Crippen LogP contribution is -2.13. The Hall–Kier alpha value is -3.76. The van der Waals surface area contributed by atoms with E-state index < -0.39 is 31.0 Å². The fourth-order valence-corrected chi connectivity index (χ4v) is 4.03. The number of benzene rings is 2. The molecule has 1 unspecified atom stereocenters. The topological polar surface area (TPSA) is 91.0 Å². The number of carboxylic acids is 1. The smallest absolute Gasteiger partial charge is 0.392 e. The van der Waals surface area contributed by atoms with Crippen LogP contribution in [0.2, 0.25) is 0 Å². The van der Waals surface area contributed by atoms with Gasteiger partial charge in [-0.15, -0.1) is 0 Å². The highest BCUT2D eigenvalue weighted by molar-refractivity contribution is 5.68. The molecule has 1 aliphatic rings. The predicted molar refractivity (Wildman–Crippen MR) is 123 cm³/mol. The van der Waals surface area contributed by atoms with Crippen LogP contribution in [0.25, 0.3) is 11.3 Å². The Balaban J connectivity index is 1.57. The van der Waals surface area contributed by atoms with E-state index in [2.05, 4.69) is 5.16 Å². The molecule has 198 valence electrons. The first kappa shape index (κ1) is 26.3. The van der Waals surface area contributed by atoms with Crippen LogP contribution in [0, 0.1) is 11.7 Å². The SMILES string of the molecule is COc1ccc(F)c(-c2onc(COc3cccc(C(CC(=O)O)C4CC4)c3)c2OCCC(F)(F)F)c1. The number of hydrogen-bond acceptors (Lipinski definition) is 6. The maximum absolute atomic E-state index is 14.6. The Bertz CT molecular complexity index is 1240. The van der Waals surface area contributed by atoms with Crippen LogP contribution in [0.15, 0.2) is 47.0 Å². The van der Waals surface area contributed by atoms with E-state index in [1.807, 2.05) is 6.07 Å². The second-order valence-corrected chi connectivity index (χ2v) is 8.75. The van der Waals surface area contributed by atoms with Crippen molar-refractivity contribution in [2.24, 2.45) is 5.92 Å². The molecule has 37 heavy (non-hydrogen) atoms. The first-order valence-electron chi connectivity index (χ1n) is 11.6. The highest BCUT2D eigenvalue weighted by Crippen LogP contribution is 2.45. The summed E-state index contributed by atoms with van der Waals surface area (Å²) >= 11 is 0. The number of carbonyl (C=O) groups is 1. The van der Waals surface area contributed by atoms with Crippen molar-refractivity contribution in [1.82, 2.24) is 5.16 Å². The molecule has 1 saturated carbocycles. The van der Waals surface area contributed by atoms with Gasteiger partial charge in [0.25, 0.3) is 0 Å². The number of aromatic nitrogens is 1. The molecule has 2 aromatic carbocycles. The molecule has 1 heterocycles. The normalized spacial score (nSPS) is 14.3. The highest BCUT2D eigenvalue weighted by Gasteiger charge is 2.34. The quantitative estimate of drug-likeness (QED) is 0.276. The van der Waals surface area contributed by atoms with Gasteiger partial charge in [-0.25, -0.2) is 4.39 Å². The number of alkyl halides is 3. The minimum atomic E-state index is -4.45. The molecule has 0 radical (unpaired) electrons. The van der Waals surface area contributed by atoms with Gasteiger partial charge < -0.3 is 23.8 Å². The van der Waals surface area contributed by atoms with Crippen LogP contribution < -0.4 is 14.2 Å². The molecule has 7 nitrogen and oxygen atoms in total. The summed E-state index contributed by atoms with van der Waals surface area (Å²) in [6.07, 6.45) is -3.76. The fourth-order valence-electron chi connectivity index (χ4n) is 4.03. The fraction of sp³-hybridized carbons (Fsp3) is 0.385. The third-order valence-corrected chi connectivity index (χ3v) is 6.01. The maximum atomic E-state index is 14.6. The Morgan fingerprint density at radius 1 is 1.16 bits per heavy atom. The van der Waals surface area contributed by atoms with Crippen LogP contribution in [0.4, 0.5) is 17.6 Å². The number of hydrogen-bond donors (Lipinski definition) is 1. The van der Waals surface area contributed by atoms with Crippen molar-refractivity contribution in [2.45, 2.75) is 44.4 Å². The van der Waals surface area contributed by atoms with Crippen molar-refractivity contribution in [3.05, 3.63) is 59.5 Å². The van der Waals surface area contributed by atoms with Crippen LogP contribution in [-0.4, -0.2) is 36.1 Å². The minimum Gasteiger partial charge on any atom is -0.497 e. The number of rotatable bonds is 12. The second-order valence-electron chi connectivity index (χ2n) is 8.75. The molecule has 4 rings (SSSR count). The Morgan fingerprint density at radius 3 is 2.62 bits per heavy atom. The summed E-state index contributed by atoms with van der Waals surface area (Å²) in [5.41, 5.74) is 0.764. The van der Waals surface area contributed by atoms with Crippen molar-refractivity contribution in [2.75, 3.05) is 13.7 Å². The highest BCUT2D eigenvalue weighted by atomic mass is 19.4. The molecular formula is C26H25F4NO6. The monoisotopic (exact) mass is 523 g/mol. The van der Waals surface area contributed by atoms with Crippen molar-refractivity contribution in [3.8, 4) is 28.6 Å². The lowest BCUT2D eigenvalue weighted by molar-refractivity contribution is -0.140. The number of aliphatic carboxylic acids is 1. The molecular weight excluding hydrogens is 498 g/mol. The van der Waals surface area contributed by atoms with Crippen molar-refractivity contribution < 1.29 is 46.2 Å². The lowest BCUT2D eigenvalue weighted by Gasteiger charge is -2.16. The van der Waals surface area contributed by atoms with Gasteiger partial charge in [0.2, 0.25) is 5.76 Å². The van der Waals surface area contributed by atoms with Gasteiger partial charge in [-0.05, 0) is 60.6 Å². The zero-order valence-electron chi connectivity index (χ0n) is 19.9. The van der Waals surface area contributed by atoms with Gasteiger partial charge in [-0.2, -0.15) is 13.2 Å². The Labute approximate surface area is 209 Å². The predicted octanol–water partition coefficient (Wildman–Crippen LogP) is 6.37. The van der Waals surface area contributed by atoms with E-state index >= 15 is 0 Å². The number of ether oxygens (including phenoxy) is 3. The van der Waals surface area contributed by atoms with Gasteiger partial charge >= 0.3 is 12.1 Å². The number of methoxy groups -OCH3 is 1. The van der Waals surface area contributed by atoms with E-state index in [1.54, 1.807) is 18.2 Å². The van der Waals surface area contributed by atoms with Gasteiger partial charge in [-0.3, -0.25) is 4.79 Å².